The first-order chi connectivity index (χ1) is 12.6. The Balaban J connectivity index is 1.82. The highest BCUT2D eigenvalue weighted by atomic mass is 35.5. The molecule has 2 aromatic carbocycles. The largest absolute Gasteiger partial charge is 0.337 e. The lowest BCUT2D eigenvalue weighted by Gasteiger charge is -2.19. The van der Waals surface area contributed by atoms with Crippen molar-refractivity contribution in [2.45, 2.75) is 13.5 Å². The second-order valence-corrected chi connectivity index (χ2v) is 6.24. The van der Waals surface area contributed by atoms with Crippen LogP contribution in [0.1, 0.15) is 21.8 Å². The lowest BCUT2D eigenvalue weighted by atomic mass is 10.1. The highest BCUT2D eigenvalue weighted by molar-refractivity contribution is 6.33. The normalized spacial score (nSPS) is 10.5. The molecule has 0 aliphatic rings. The fourth-order valence-electron chi connectivity index (χ4n) is 2.56. The van der Waals surface area contributed by atoms with Crippen molar-refractivity contribution in [3.63, 3.8) is 0 Å². The van der Waals surface area contributed by atoms with Crippen molar-refractivity contribution in [2.75, 3.05) is 6.54 Å². The molecule has 0 unspecified atom stereocenters. The van der Waals surface area contributed by atoms with Crippen LogP contribution in [-0.2, 0) is 6.54 Å². The van der Waals surface area contributed by atoms with Gasteiger partial charge in [-0.25, -0.2) is 0 Å². The van der Waals surface area contributed by atoms with E-state index < -0.39 is 0 Å². The van der Waals surface area contributed by atoms with E-state index in [2.05, 4.69) is 16.7 Å². The van der Waals surface area contributed by atoms with E-state index in [0.29, 0.717) is 28.8 Å². The summed E-state index contributed by atoms with van der Waals surface area (Å²) in [5.74, 6) is 0.627. The maximum atomic E-state index is 12.8. The van der Waals surface area contributed by atoms with Crippen molar-refractivity contribution in [3.05, 3.63) is 83.2 Å². The van der Waals surface area contributed by atoms with Crippen LogP contribution in [0.25, 0.3) is 11.4 Å². The number of halogens is 1. The summed E-state index contributed by atoms with van der Waals surface area (Å²) in [6, 6.07) is 14.8. The summed E-state index contributed by atoms with van der Waals surface area (Å²) in [6.07, 6.45) is 1.65. The van der Waals surface area contributed by atoms with Gasteiger partial charge in [-0.15, -0.1) is 6.58 Å². The van der Waals surface area contributed by atoms with Crippen molar-refractivity contribution in [3.8, 4) is 11.4 Å². The molecule has 1 heterocycles. The quantitative estimate of drug-likeness (QED) is 0.601. The number of hydrogen-bond acceptors (Lipinski definition) is 4. The molecule has 6 heteroatoms. The zero-order chi connectivity index (χ0) is 18.5. The number of hydrogen-bond donors (Lipinski definition) is 0. The zero-order valence-corrected chi connectivity index (χ0v) is 15.1. The average Bonchev–Trinajstić information content (AvgIpc) is 3.10. The van der Waals surface area contributed by atoms with E-state index in [0.717, 1.165) is 11.1 Å². The average molecular weight is 368 g/mol. The van der Waals surface area contributed by atoms with Crippen LogP contribution in [0.4, 0.5) is 0 Å². The van der Waals surface area contributed by atoms with E-state index in [1.807, 2.05) is 31.2 Å². The molecule has 3 aromatic rings. The van der Waals surface area contributed by atoms with Gasteiger partial charge in [0.2, 0.25) is 11.7 Å². The number of aromatic nitrogens is 2. The third-order valence-corrected chi connectivity index (χ3v) is 4.14. The molecule has 5 nitrogen and oxygen atoms in total. The molecule has 0 bridgehead atoms. The topological polar surface area (TPSA) is 59.2 Å². The van der Waals surface area contributed by atoms with E-state index in [1.165, 1.54) is 0 Å². The van der Waals surface area contributed by atoms with Gasteiger partial charge in [-0.05, 0) is 25.1 Å². The molecule has 0 fully saturated rings. The maximum absolute atomic E-state index is 12.8. The van der Waals surface area contributed by atoms with Gasteiger partial charge in [0.1, 0.15) is 6.54 Å². The lowest BCUT2D eigenvalue weighted by Crippen LogP contribution is -2.31. The molecule has 0 saturated heterocycles. The van der Waals surface area contributed by atoms with Crippen molar-refractivity contribution in [2.24, 2.45) is 0 Å². The number of aryl methyl sites for hydroxylation is 1. The van der Waals surface area contributed by atoms with Crippen LogP contribution in [-0.4, -0.2) is 27.5 Å². The van der Waals surface area contributed by atoms with E-state index >= 15 is 0 Å². The number of benzene rings is 2. The molecular weight excluding hydrogens is 350 g/mol. The summed E-state index contributed by atoms with van der Waals surface area (Å²) in [6.45, 7) is 6.22. The summed E-state index contributed by atoms with van der Waals surface area (Å²) in [5.41, 5.74) is 2.40. The zero-order valence-electron chi connectivity index (χ0n) is 14.4. The molecule has 0 saturated carbocycles. The van der Waals surface area contributed by atoms with Gasteiger partial charge < -0.3 is 9.42 Å². The summed E-state index contributed by atoms with van der Waals surface area (Å²) in [4.78, 5) is 18.7. The first-order valence-corrected chi connectivity index (χ1v) is 8.50. The fourth-order valence-corrected chi connectivity index (χ4v) is 2.78. The Kier molecular flexibility index (Phi) is 5.49. The third kappa shape index (κ3) is 4.00. The molecule has 132 valence electrons. The van der Waals surface area contributed by atoms with Gasteiger partial charge in [0.15, 0.2) is 0 Å². The third-order valence-electron chi connectivity index (χ3n) is 3.81. The minimum Gasteiger partial charge on any atom is -0.337 e. The lowest BCUT2D eigenvalue weighted by molar-refractivity contribution is 0.0745. The van der Waals surface area contributed by atoms with E-state index in [9.17, 15) is 4.79 Å². The molecule has 0 radical (unpaired) electrons. The molecule has 0 aliphatic heterocycles. The Morgan fingerprint density at radius 1 is 1.27 bits per heavy atom. The fraction of sp³-hybridized carbons (Fsp3) is 0.150. The predicted octanol–water partition coefficient (Wildman–Crippen LogP) is 4.53. The van der Waals surface area contributed by atoms with Crippen LogP contribution in [0.5, 0.6) is 0 Å². The highest BCUT2D eigenvalue weighted by Crippen LogP contribution is 2.20. The van der Waals surface area contributed by atoms with Crippen LogP contribution in [0, 0.1) is 6.92 Å². The van der Waals surface area contributed by atoms with Crippen molar-refractivity contribution >= 4 is 17.5 Å². The SMILES string of the molecule is C=CCN(Cc1nc(-c2cccc(C)c2)no1)C(=O)c1ccccc1Cl. The molecule has 0 aliphatic carbocycles. The molecule has 0 atom stereocenters. The van der Waals surface area contributed by atoms with Crippen LogP contribution in [0.3, 0.4) is 0 Å². The molecule has 0 spiro atoms. The van der Waals surface area contributed by atoms with E-state index in [1.54, 1.807) is 35.2 Å². The van der Waals surface area contributed by atoms with Gasteiger partial charge in [-0.2, -0.15) is 4.98 Å². The molecule has 1 amide bonds. The molecule has 3 rings (SSSR count). The molecular formula is C20H18ClN3O2. The predicted molar refractivity (Wildman–Crippen MR) is 101 cm³/mol. The molecule has 0 N–H and O–H groups in total. The minimum atomic E-state index is -0.217. The first kappa shape index (κ1) is 17.9. The van der Waals surface area contributed by atoms with Crippen LogP contribution in [0.2, 0.25) is 5.02 Å². The van der Waals surface area contributed by atoms with Crippen molar-refractivity contribution in [1.82, 2.24) is 15.0 Å². The monoisotopic (exact) mass is 367 g/mol. The summed E-state index contributed by atoms with van der Waals surface area (Å²) >= 11 is 6.14. The second-order valence-electron chi connectivity index (χ2n) is 5.84. The smallest absolute Gasteiger partial charge is 0.256 e. The number of rotatable bonds is 6. The van der Waals surface area contributed by atoms with Gasteiger partial charge >= 0.3 is 0 Å². The Labute approximate surface area is 156 Å². The Bertz CT molecular complexity index is 936. The summed E-state index contributed by atoms with van der Waals surface area (Å²) < 4.78 is 5.33. The number of carbonyl (C=O) groups is 1. The minimum absolute atomic E-state index is 0.175. The second kappa shape index (κ2) is 7.97. The number of amides is 1. The Morgan fingerprint density at radius 3 is 2.81 bits per heavy atom. The number of carbonyl (C=O) groups excluding carboxylic acids is 1. The molecule has 26 heavy (non-hydrogen) atoms. The molecule has 1 aromatic heterocycles. The van der Waals surface area contributed by atoms with Gasteiger partial charge in [0.25, 0.3) is 5.91 Å². The van der Waals surface area contributed by atoms with Crippen molar-refractivity contribution < 1.29 is 9.32 Å². The number of nitrogens with zero attached hydrogens (tertiary/aromatic N) is 3. The standard InChI is InChI=1S/C20H18ClN3O2/c1-3-11-24(20(25)16-9-4-5-10-17(16)21)13-18-22-19(23-26-18)15-8-6-7-14(2)12-15/h3-10,12H,1,11,13H2,2H3. The van der Waals surface area contributed by atoms with Crippen LogP contribution in [0.15, 0.2) is 65.7 Å². The van der Waals surface area contributed by atoms with E-state index in [4.69, 9.17) is 16.1 Å². The van der Waals surface area contributed by atoms with E-state index in [-0.39, 0.29) is 12.5 Å². The van der Waals surface area contributed by atoms with Crippen molar-refractivity contribution in [1.29, 1.82) is 0 Å². The van der Waals surface area contributed by atoms with Gasteiger partial charge in [-0.3, -0.25) is 4.79 Å². The first-order valence-electron chi connectivity index (χ1n) is 8.13. The Hall–Kier alpha value is -2.92. The van der Waals surface area contributed by atoms with Gasteiger partial charge in [-0.1, -0.05) is 58.7 Å². The summed E-state index contributed by atoms with van der Waals surface area (Å²) in [5, 5.41) is 4.41. The summed E-state index contributed by atoms with van der Waals surface area (Å²) in [7, 11) is 0. The maximum Gasteiger partial charge on any atom is 0.256 e. The van der Waals surface area contributed by atoms with Gasteiger partial charge in [0, 0.05) is 12.1 Å². The van der Waals surface area contributed by atoms with Crippen LogP contribution < -0.4 is 0 Å². The Morgan fingerprint density at radius 2 is 2.08 bits per heavy atom. The van der Waals surface area contributed by atoms with Gasteiger partial charge in [0.05, 0.1) is 10.6 Å². The highest BCUT2D eigenvalue weighted by Gasteiger charge is 2.20. The van der Waals surface area contributed by atoms with Crippen LogP contribution >= 0.6 is 11.6 Å².